The van der Waals surface area contributed by atoms with Gasteiger partial charge in [-0.1, -0.05) is 59.1 Å². The fourth-order valence-corrected chi connectivity index (χ4v) is 6.04. The zero-order valence-electron chi connectivity index (χ0n) is 17.7. The van der Waals surface area contributed by atoms with Gasteiger partial charge in [0.15, 0.2) is 5.78 Å². The van der Waals surface area contributed by atoms with Crippen LogP contribution in [0.3, 0.4) is 0 Å². The summed E-state index contributed by atoms with van der Waals surface area (Å²) < 4.78 is 28.3. The Hall–Kier alpha value is -2.09. The van der Waals surface area contributed by atoms with E-state index >= 15 is 0 Å². The van der Waals surface area contributed by atoms with Crippen molar-refractivity contribution in [1.29, 1.82) is 0 Å². The van der Waals surface area contributed by atoms with Crippen LogP contribution in [-0.2, 0) is 10.0 Å². The number of Topliss-reactive ketones (excluding diaryl/α,β-unsaturated/α-hetero) is 1. The summed E-state index contributed by atoms with van der Waals surface area (Å²) in [6.45, 7) is 2.37. The highest BCUT2D eigenvalue weighted by molar-refractivity contribution is 7.89. The van der Waals surface area contributed by atoms with Crippen LogP contribution in [-0.4, -0.2) is 38.1 Å². The van der Waals surface area contributed by atoms with Gasteiger partial charge >= 0.3 is 0 Å². The number of benzene rings is 3. The average Bonchev–Trinajstić information content (AvgIpc) is 2.79. The third-order valence-corrected chi connectivity index (χ3v) is 8.38. The summed E-state index contributed by atoms with van der Waals surface area (Å²) in [5.41, 5.74) is 2.16. The Morgan fingerprint density at radius 2 is 1.52 bits per heavy atom. The molecule has 9 heteroatoms. The van der Waals surface area contributed by atoms with Crippen LogP contribution in [0.15, 0.2) is 71.6 Å². The van der Waals surface area contributed by atoms with E-state index in [4.69, 9.17) is 34.8 Å². The van der Waals surface area contributed by atoms with Crippen LogP contribution >= 0.6 is 34.8 Å². The van der Waals surface area contributed by atoms with E-state index in [0.29, 0.717) is 27.2 Å². The van der Waals surface area contributed by atoms with Gasteiger partial charge < -0.3 is 4.90 Å². The number of piperazine rings is 1. The Balaban J connectivity index is 1.69. The predicted octanol–water partition coefficient (Wildman–Crippen LogP) is 6.10. The van der Waals surface area contributed by atoms with Crippen LogP contribution in [0.4, 0.5) is 5.69 Å². The number of nitrogens with zero attached hydrogens (tertiary/aromatic N) is 2. The number of halogens is 3. The molecule has 0 amide bonds. The fourth-order valence-electron chi connectivity index (χ4n) is 3.96. The molecule has 0 aromatic heterocycles. The highest BCUT2D eigenvalue weighted by Crippen LogP contribution is 2.38. The number of ketones is 1. The van der Waals surface area contributed by atoms with Crippen LogP contribution in [0.2, 0.25) is 15.1 Å². The molecule has 1 atom stereocenters. The highest BCUT2D eigenvalue weighted by Gasteiger charge is 2.36. The zero-order valence-corrected chi connectivity index (χ0v) is 20.8. The summed E-state index contributed by atoms with van der Waals surface area (Å²) in [5.74, 6) is -0.116. The Morgan fingerprint density at radius 3 is 2.12 bits per heavy atom. The molecule has 0 aliphatic carbocycles. The van der Waals surface area contributed by atoms with E-state index in [1.165, 1.54) is 35.5 Å². The summed E-state index contributed by atoms with van der Waals surface area (Å²) in [4.78, 5) is 13.8. The summed E-state index contributed by atoms with van der Waals surface area (Å²) in [5, 5.41) is 1.63. The van der Waals surface area contributed by atoms with Crippen LogP contribution < -0.4 is 4.90 Å². The molecule has 33 heavy (non-hydrogen) atoms. The molecule has 5 nitrogen and oxygen atoms in total. The van der Waals surface area contributed by atoms with E-state index in [9.17, 15) is 13.2 Å². The lowest BCUT2D eigenvalue weighted by Gasteiger charge is -2.42. The molecule has 172 valence electrons. The van der Waals surface area contributed by atoms with Gasteiger partial charge in [0, 0.05) is 35.2 Å². The van der Waals surface area contributed by atoms with Gasteiger partial charge in [0.25, 0.3) is 0 Å². The molecular formula is C24H21Cl3N2O3S. The van der Waals surface area contributed by atoms with Gasteiger partial charge in [-0.3, -0.25) is 4.79 Å². The second-order valence-corrected chi connectivity index (χ2v) is 11.0. The van der Waals surface area contributed by atoms with Crippen molar-refractivity contribution in [2.24, 2.45) is 0 Å². The molecule has 1 unspecified atom stereocenters. The predicted molar refractivity (Wildman–Crippen MR) is 133 cm³/mol. The minimum absolute atomic E-state index is 0.116. The molecule has 0 saturated carbocycles. The average molecular weight is 524 g/mol. The van der Waals surface area contributed by atoms with Crippen molar-refractivity contribution in [1.82, 2.24) is 4.31 Å². The van der Waals surface area contributed by atoms with Crippen molar-refractivity contribution in [2.75, 3.05) is 24.5 Å². The second-order valence-electron chi connectivity index (χ2n) is 7.80. The minimum Gasteiger partial charge on any atom is -0.361 e. The maximum absolute atomic E-state index is 13.4. The monoisotopic (exact) mass is 522 g/mol. The van der Waals surface area contributed by atoms with Gasteiger partial charge in [-0.05, 0) is 55.0 Å². The molecule has 1 heterocycles. The van der Waals surface area contributed by atoms with Crippen molar-refractivity contribution >= 4 is 56.3 Å². The number of carbonyl (C=O) groups excluding carboxylic acids is 1. The van der Waals surface area contributed by atoms with Crippen molar-refractivity contribution in [3.8, 4) is 0 Å². The maximum Gasteiger partial charge on any atom is 0.243 e. The number of hydrogen-bond donors (Lipinski definition) is 0. The second kappa shape index (κ2) is 9.65. The maximum atomic E-state index is 13.4. The molecule has 1 fully saturated rings. The highest BCUT2D eigenvalue weighted by atomic mass is 35.5. The van der Waals surface area contributed by atoms with Gasteiger partial charge in [-0.25, -0.2) is 8.42 Å². The fraction of sp³-hybridized carbons (Fsp3) is 0.208. The van der Waals surface area contributed by atoms with Crippen molar-refractivity contribution in [3.63, 3.8) is 0 Å². The molecule has 4 rings (SSSR count). The third-order valence-electron chi connectivity index (χ3n) is 5.72. The number of rotatable bonds is 5. The summed E-state index contributed by atoms with van der Waals surface area (Å²) >= 11 is 18.7. The van der Waals surface area contributed by atoms with Crippen molar-refractivity contribution in [2.45, 2.75) is 17.9 Å². The Kier molecular flexibility index (Phi) is 7.03. The lowest BCUT2D eigenvalue weighted by Crippen LogP contribution is -2.50. The minimum atomic E-state index is -3.76. The molecule has 1 saturated heterocycles. The van der Waals surface area contributed by atoms with Gasteiger partial charge in [-0.15, -0.1) is 0 Å². The standard InChI is InChI=1S/C24H21Cl3N2O3S/c1-16(30)17-4-9-21(10-5-17)33(31,32)28-12-13-29(23-11-8-20(26)14-22(23)27)24(15-28)18-2-6-19(25)7-3-18/h2-11,14,24H,12-13,15H2,1H3. The van der Waals surface area contributed by atoms with Gasteiger partial charge in [0.2, 0.25) is 10.0 Å². The number of carbonyl (C=O) groups is 1. The first-order valence-corrected chi connectivity index (χ1v) is 12.8. The first kappa shape index (κ1) is 24.0. The Bertz CT molecular complexity index is 1280. The Morgan fingerprint density at radius 1 is 0.879 bits per heavy atom. The molecular weight excluding hydrogens is 503 g/mol. The van der Waals surface area contributed by atoms with Crippen LogP contribution in [0.1, 0.15) is 28.9 Å². The first-order chi connectivity index (χ1) is 15.7. The first-order valence-electron chi connectivity index (χ1n) is 10.2. The Labute approximate surface area is 208 Å². The van der Waals surface area contributed by atoms with E-state index in [1.807, 2.05) is 18.2 Å². The molecule has 3 aromatic rings. The smallest absolute Gasteiger partial charge is 0.243 e. The van der Waals surface area contributed by atoms with E-state index in [0.717, 1.165) is 11.3 Å². The molecule has 1 aliphatic rings. The normalized spacial score (nSPS) is 17.2. The van der Waals surface area contributed by atoms with E-state index in [1.54, 1.807) is 24.3 Å². The van der Waals surface area contributed by atoms with E-state index in [2.05, 4.69) is 4.90 Å². The molecule has 1 aliphatic heterocycles. The summed E-state index contributed by atoms with van der Waals surface area (Å²) in [7, 11) is -3.76. The zero-order chi connectivity index (χ0) is 23.8. The van der Waals surface area contributed by atoms with Crippen LogP contribution in [0.5, 0.6) is 0 Å². The largest absolute Gasteiger partial charge is 0.361 e. The van der Waals surface area contributed by atoms with Gasteiger partial charge in [-0.2, -0.15) is 4.31 Å². The number of hydrogen-bond acceptors (Lipinski definition) is 4. The summed E-state index contributed by atoms with van der Waals surface area (Å²) in [6.07, 6.45) is 0. The third kappa shape index (κ3) is 5.05. The molecule has 0 N–H and O–H groups in total. The molecule has 0 radical (unpaired) electrons. The number of sulfonamides is 1. The summed E-state index contributed by atoms with van der Waals surface area (Å²) in [6, 6.07) is 18.4. The van der Waals surface area contributed by atoms with E-state index < -0.39 is 10.0 Å². The van der Waals surface area contributed by atoms with Gasteiger partial charge in [0.1, 0.15) is 0 Å². The van der Waals surface area contributed by atoms with Gasteiger partial charge in [0.05, 0.1) is 21.6 Å². The van der Waals surface area contributed by atoms with E-state index in [-0.39, 0.29) is 29.8 Å². The molecule has 3 aromatic carbocycles. The van der Waals surface area contributed by atoms with Crippen LogP contribution in [0.25, 0.3) is 0 Å². The topological polar surface area (TPSA) is 57.7 Å². The SMILES string of the molecule is CC(=O)c1ccc(S(=O)(=O)N2CCN(c3ccc(Cl)cc3Cl)C(c3ccc(Cl)cc3)C2)cc1. The van der Waals surface area contributed by atoms with Crippen molar-refractivity contribution in [3.05, 3.63) is 92.9 Å². The number of anilines is 1. The lowest BCUT2D eigenvalue weighted by molar-refractivity contribution is 0.101. The van der Waals surface area contributed by atoms with Crippen LogP contribution in [0, 0.1) is 0 Å². The lowest BCUT2D eigenvalue weighted by atomic mass is 10.0. The molecule has 0 spiro atoms. The molecule has 0 bridgehead atoms. The quantitative estimate of drug-likeness (QED) is 0.379. The van der Waals surface area contributed by atoms with Crippen molar-refractivity contribution < 1.29 is 13.2 Å².